The van der Waals surface area contributed by atoms with Crippen LogP contribution in [0.4, 0.5) is 25.1 Å². The van der Waals surface area contributed by atoms with Gasteiger partial charge < -0.3 is 24.8 Å². The Morgan fingerprint density at radius 2 is 1.94 bits per heavy atom. The van der Waals surface area contributed by atoms with E-state index in [2.05, 4.69) is 67.9 Å². The lowest BCUT2D eigenvalue weighted by atomic mass is 10.3. The summed E-state index contributed by atoms with van der Waals surface area (Å²) in [6, 6.07) is 3.97. The number of anilines is 2. The van der Waals surface area contributed by atoms with E-state index in [9.17, 15) is 13.2 Å². The molecule has 0 aliphatic carbocycles. The Hall–Kier alpha value is -3.13. The minimum Gasteiger partial charge on any atom is -0.406 e. The van der Waals surface area contributed by atoms with Crippen molar-refractivity contribution in [3.63, 3.8) is 0 Å². The first-order chi connectivity index (χ1) is 15.7. The Labute approximate surface area is 193 Å². The number of fused-ring (bicyclic) bond motifs is 2. The van der Waals surface area contributed by atoms with Crippen molar-refractivity contribution < 1.29 is 17.9 Å². The lowest BCUT2D eigenvalue weighted by Gasteiger charge is -2.32. The van der Waals surface area contributed by atoms with E-state index in [1.807, 2.05) is 0 Å². The second kappa shape index (κ2) is 8.33. The molecule has 0 saturated carbocycles. The van der Waals surface area contributed by atoms with Crippen LogP contribution in [0.5, 0.6) is 5.75 Å². The fourth-order valence-electron chi connectivity index (χ4n) is 3.58. The maximum Gasteiger partial charge on any atom is 0.573 e. The zero-order valence-corrected chi connectivity index (χ0v) is 19.0. The molecule has 0 radical (unpaired) electrons. The van der Waals surface area contributed by atoms with Gasteiger partial charge in [-0.05, 0) is 35.1 Å². The highest BCUT2D eigenvalue weighted by molar-refractivity contribution is 9.10. The van der Waals surface area contributed by atoms with Gasteiger partial charge in [-0.3, -0.25) is 0 Å². The highest BCUT2D eigenvalue weighted by Crippen LogP contribution is 2.26. The van der Waals surface area contributed by atoms with Crippen LogP contribution < -0.4 is 15.0 Å². The maximum atomic E-state index is 12.5. The molecule has 4 heterocycles. The van der Waals surface area contributed by atoms with Crippen LogP contribution in [-0.4, -0.2) is 74.0 Å². The molecule has 2 N–H and O–H groups in total. The Bertz CT molecular complexity index is 1300. The van der Waals surface area contributed by atoms with Crippen LogP contribution in [0.25, 0.3) is 16.7 Å². The van der Waals surface area contributed by atoms with Gasteiger partial charge in [-0.1, -0.05) is 0 Å². The first-order valence-corrected chi connectivity index (χ1v) is 10.9. The van der Waals surface area contributed by atoms with Crippen molar-refractivity contribution in [1.82, 2.24) is 34.4 Å². The quantitative estimate of drug-likeness (QED) is 0.410. The monoisotopic (exact) mass is 525 g/mol. The van der Waals surface area contributed by atoms with Crippen LogP contribution >= 0.6 is 15.9 Å². The third-order valence-electron chi connectivity index (χ3n) is 5.25. The molecular weight excluding hydrogens is 507 g/mol. The Morgan fingerprint density at radius 3 is 2.70 bits per heavy atom. The van der Waals surface area contributed by atoms with E-state index in [4.69, 9.17) is 0 Å². The molecule has 0 unspecified atom stereocenters. The number of hydrogen-bond donors (Lipinski definition) is 2. The molecule has 0 atom stereocenters. The highest BCUT2D eigenvalue weighted by atomic mass is 79.9. The molecule has 14 heteroatoms. The molecule has 10 nitrogen and oxygen atoms in total. The summed E-state index contributed by atoms with van der Waals surface area (Å²) in [5.74, 6) is 1.27. The number of rotatable bonds is 5. The van der Waals surface area contributed by atoms with Crippen molar-refractivity contribution >= 4 is 44.5 Å². The van der Waals surface area contributed by atoms with Gasteiger partial charge in [-0.25, -0.2) is 4.98 Å². The summed E-state index contributed by atoms with van der Waals surface area (Å²) in [6.45, 7) is 3.69. The van der Waals surface area contributed by atoms with Crippen molar-refractivity contribution in [1.29, 1.82) is 0 Å². The van der Waals surface area contributed by atoms with Crippen molar-refractivity contribution in [2.45, 2.75) is 12.9 Å². The first kappa shape index (κ1) is 21.7. The summed E-state index contributed by atoms with van der Waals surface area (Å²) in [6.07, 6.45) is -3.11. The number of alkyl halides is 3. The average Bonchev–Trinajstić information content (AvgIpc) is 3.34. The molecule has 0 bridgehead atoms. The van der Waals surface area contributed by atoms with Crippen molar-refractivity contribution in [2.75, 3.05) is 43.4 Å². The first-order valence-electron chi connectivity index (χ1n) is 10.1. The van der Waals surface area contributed by atoms with E-state index < -0.39 is 6.36 Å². The number of halogens is 4. The molecule has 174 valence electrons. The average molecular weight is 526 g/mol. The summed E-state index contributed by atoms with van der Waals surface area (Å²) in [5.41, 5.74) is 1.58. The van der Waals surface area contributed by atoms with E-state index in [0.29, 0.717) is 34.4 Å². The number of aromatic nitrogens is 6. The Morgan fingerprint density at radius 1 is 1.15 bits per heavy atom. The van der Waals surface area contributed by atoms with Crippen LogP contribution in [0.1, 0.15) is 5.82 Å². The fourth-order valence-corrected chi connectivity index (χ4v) is 3.93. The lowest BCUT2D eigenvalue weighted by molar-refractivity contribution is -0.274. The van der Waals surface area contributed by atoms with E-state index in [0.717, 1.165) is 30.7 Å². The molecule has 5 rings (SSSR count). The molecule has 1 aliphatic heterocycles. The molecular formula is C19H19BrF3N9O. The van der Waals surface area contributed by atoms with Crippen molar-refractivity contribution in [3.8, 4) is 5.75 Å². The molecule has 1 saturated heterocycles. The van der Waals surface area contributed by atoms with E-state index in [1.54, 1.807) is 10.7 Å². The molecule has 1 fully saturated rings. The van der Waals surface area contributed by atoms with E-state index in [-0.39, 0.29) is 12.3 Å². The number of benzene rings is 1. The summed E-state index contributed by atoms with van der Waals surface area (Å²) < 4.78 is 43.7. The minimum atomic E-state index is -4.76. The van der Waals surface area contributed by atoms with Crippen LogP contribution in [0.15, 0.2) is 28.9 Å². The van der Waals surface area contributed by atoms with Gasteiger partial charge in [0.2, 0.25) is 11.9 Å². The zero-order valence-electron chi connectivity index (χ0n) is 17.4. The van der Waals surface area contributed by atoms with Crippen LogP contribution in [0, 0.1) is 0 Å². The van der Waals surface area contributed by atoms with Crippen LogP contribution in [0.3, 0.4) is 0 Å². The lowest BCUT2D eigenvalue weighted by Crippen LogP contribution is -2.45. The molecule has 0 amide bonds. The largest absolute Gasteiger partial charge is 0.573 e. The third kappa shape index (κ3) is 4.66. The minimum absolute atomic E-state index is 0.246. The van der Waals surface area contributed by atoms with Gasteiger partial charge in [0.05, 0.1) is 28.2 Å². The number of ether oxygens (including phenoxy) is 1. The number of piperazine rings is 1. The zero-order chi connectivity index (χ0) is 23.2. The highest BCUT2D eigenvalue weighted by Gasteiger charge is 2.31. The molecule has 33 heavy (non-hydrogen) atoms. The van der Waals surface area contributed by atoms with Crippen LogP contribution in [-0.2, 0) is 6.54 Å². The Kier molecular flexibility index (Phi) is 5.48. The molecule has 3 aromatic heterocycles. The number of nitrogens with one attached hydrogen (secondary N) is 2. The van der Waals surface area contributed by atoms with Gasteiger partial charge in [0, 0.05) is 32.2 Å². The number of imidazole rings is 1. The second-order valence-electron chi connectivity index (χ2n) is 7.63. The van der Waals surface area contributed by atoms with E-state index in [1.165, 1.54) is 18.2 Å². The number of nitrogens with zero attached hydrogens (tertiary/aromatic N) is 7. The number of aromatic amines is 1. The van der Waals surface area contributed by atoms with Crippen LogP contribution in [0.2, 0.25) is 0 Å². The van der Waals surface area contributed by atoms with Gasteiger partial charge in [-0.15, -0.1) is 13.2 Å². The van der Waals surface area contributed by atoms with Gasteiger partial charge >= 0.3 is 6.36 Å². The molecule has 4 aromatic rings. The smallest absolute Gasteiger partial charge is 0.406 e. The standard InChI is InChI=1S/C19H19BrF3N9O/c1-30-4-6-31(7-5-30)18-28-16-12(20)9-25-32(16)17(29-18)24-10-15-26-13-3-2-11(8-14(13)27-15)33-19(21,22)23/h2-3,8-9H,4-7,10H2,1H3,(H,26,27)(H,24,28,29). The summed E-state index contributed by atoms with van der Waals surface area (Å²) in [5, 5.41) is 7.52. The van der Waals surface area contributed by atoms with Crippen molar-refractivity contribution in [2.24, 2.45) is 0 Å². The molecule has 0 spiro atoms. The summed E-state index contributed by atoms with van der Waals surface area (Å²) in [7, 11) is 2.08. The van der Waals surface area contributed by atoms with Gasteiger partial charge in [0.15, 0.2) is 5.65 Å². The maximum absolute atomic E-state index is 12.5. The number of likely N-dealkylation sites (N-methyl/N-ethyl adjacent to an activating group) is 1. The predicted molar refractivity (Wildman–Crippen MR) is 118 cm³/mol. The topological polar surface area (TPSA) is 99.5 Å². The fraction of sp³-hybridized carbons (Fsp3) is 0.368. The molecule has 1 aromatic carbocycles. The SMILES string of the molecule is CN1CCN(c2nc(NCc3nc4cc(OC(F)(F)F)ccc4[nH]3)n3ncc(Br)c3n2)CC1. The Balaban J connectivity index is 1.39. The number of hydrogen-bond acceptors (Lipinski definition) is 8. The normalized spacial score (nSPS) is 15.5. The van der Waals surface area contributed by atoms with Gasteiger partial charge in [0.25, 0.3) is 0 Å². The van der Waals surface area contributed by atoms with Crippen molar-refractivity contribution in [3.05, 3.63) is 34.7 Å². The second-order valence-corrected chi connectivity index (χ2v) is 8.48. The number of H-pyrrole nitrogens is 1. The predicted octanol–water partition coefficient (Wildman–Crippen LogP) is 3.03. The van der Waals surface area contributed by atoms with Gasteiger partial charge in [-0.2, -0.15) is 19.6 Å². The summed E-state index contributed by atoms with van der Waals surface area (Å²) in [4.78, 5) is 21.1. The third-order valence-corrected chi connectivity index (χ3v) is 5.81. The molecule has 1 aliphatic rings. The summed E-state index contributed by atoms with van der Waals surface area (Å²) >= 11 is 3.48. The van der Waals surface area contributed by atoms with Gasteiger partial charge in [0.1, 0.15) is 11.6 Å². The van der Waals surface area contributed by atoms with E-state index >= 15 is 0 Å².